The molecule has 1 heterocycles. The molecule has 1 rings (SSSR count). The van der Waals surface area contributed by atoms with Gasteiger partial charge < -0.3 is 15.0 Å². The number of halogens is 1. The summed E-state index contributed by atoms with van der Waals surface area (Å²) in [5, 5.41) is 2.79. The van der Waals surface area contributed by atoms with Crippen molar-refractivity contribution in [2.24, 2.45) is 5.41 Å². The van der Waals surface area contributed by atoms with Crippen LogP contribution in [0.2, 0.25) is 0 Å². The van der Waals surface area contributed by atoms with Crippen molar-refractivity contribution in [1.82, 2.24) is 10.2 Å². The molecule has 0 aromatic carbocycles. The Balaban J connectivity index is 2.82. The molecule has 1 aliphatic heterocycles. The van der Waals surface area contributed by atoms with Gasteiger partial charge in [0, 0.05) is 13.1 Å². The number of piperidine rings is 1. The Morgan fingerprint density at radius 1 is 1.38 bits per heavy atom. The first kappa shape index (κ1) is 18.1. The molecule has 6 heteroatoms. The Bertz CT molecular complexity index is 391. The molecule has 1 unspecified atom stereocenters. The summed E-state index contributed by atoms with van der Waals surface area (Å²) >= 11 is 5.51. The van der Waals surface area contributed by atoms with Crippen molar-refractivity contribution >= 4 is 23.6 Å². The average molecular weight is 319 g/mol. The highest BCUT2D eigenvalue weighted by Gasteiger charge is 2.41. The van der Waals surface area contributed by atoms with E-state index >= 15 is 0 Å². The van der Waals surface area contributed by atoms with Gasteiger partial charge in [-0.1, -0.05) is 13.8 Å². The standard InChI is InChI=1S/C15H27ClN2O3/c1-14(2,3)21-13(20)18-8-6-7-15(4,5)11(18)10-17-12(19)9-16/h11H,6-10H2,1-5H3,(H,17,19). The highest BCUT2D eigenvalue weighted by Crippen LogP contribution is 2.35. The minimum absolute atomic E-state index is 0.0699. The van der Waals surface area contributed by atoms with Crippen LogP contribution in [0.15, 0.2) is 0 Å². The molecule has 122 valence electrons. The van der Waals surface area contributed by atoms with E-state index in [1.165, 1.54) is 0 Å². The van der Waals surface area contributed by atoms with Crippen LogP contribution in [0.5, 0.6) is 0 Å². The van der Waals surface area contributed by atoms with Crippen molar-refractivity contribution in [2.75, 3.05) is 19.0 Å². The normalized spacial score (nSPS) is 21.8. The van der Waals surface area contributed by atoms with E-state index in [1.807, 2.05) is 20.8 Å². The average Bonchev–Trinajstić information content (AvgIpc) is 2.33. The fraction of sp³-hybridized carbons (Fsp3) is 0.867. The zero-order valence-electron chi connectivity index (χ0n) is 13.7. The Kier molecular flexibility index (Phi) is 5.91. The Morgan fingerprint density at radius 2 is 2.00 bits per heavy atom. The lowest BCUT2D eigenvalue weighted by Gasteiger charge is -2.46. The number of hydrogen-bond donors (Lipinski definition) is 1. The first-order valence-electron chi connectivity index (χ1n) is 7.39. The molecule has 1 saturated heterocycles. The minimum Gasteiger partial charge on any atom is -0.444 e. The van der Waals surface area contributed by atoms with Gasteiger partial charge in [-0.25, -0.2) is 4.79 Å². The highest BCUT2D eigenvalue weighted by molar-refractivity contribution is 6.27. The van der Waals surface area contributed by atoms with Crippen molar-refractivity contribution in [3.63, 3.8) is 0 Å². The van der Waals surface area contributed by atoms with Crippen molar-refractivity contribution in [3.8, 4) is 0 Å². The van der Waals surface area contributed by atoms with Gasteiger partial charge in [-0.3, -0.25) is 4.79 Å². The summed E-state index contributed by atoms with van der Waals surface area (Å²) in [6.07, 6.45) is 1.63. The molecule has 0 bridgehead atoms. The van der Waals surface area contributed by atoms with E-state index in [-0.39, 0.29) is 29.3 Å². The van der Waals surface area contributed by atoms with E-state index in [0.717, 1.165) is 12.8 Å². The summed E-state index contributed by atoms with van der Waals surface area (Å²) in [6, 6.07) is -0.0896. The van der Waals surface area contributed by atoms with E-state index in [0.29, 0.717) is 13.1 Å². The Morgan fingerprint density at radius 3 is 2.52 bits per heavy atom. The number of rotatable bonds is 3. The van der Waals surface area contributed by atoms with Crippen LogP contribution in [-0.4, -0.2) is 47.5 Å². The summed E-state index contributed by atoms with van der Waals surface area (Å²) in [5.74, 6) is -0.290. The summed E-state index contributed by atoms with van der Waals surface area (Å²) in [7, 11) is 0. The van der Waals surface area contributed by atoms with Crippen LogP contribution in [-0.2, 0) is 9.53 Å². The van der Waals surface area contributed by atoms with Gasteiger partial charge in [0.2, 0.25) is 5.91 Å². The molecule has 1 aliphatic rings. The SMILES string of the molecule is CC(C)(C)OC(=O)N1CCCC(C)(C)C1CNC(=O)CCl. The maximum absolute atomic E-state index is 12.4. The molecule has 1 fully saturated rings. The number of carbonyl (C=O) groups excluding carboxylic acids is 2. The quantitative estimate of drug-likeness (QED) is 0.814. The Hall–Kier alpha value is -0.970. The number of hydrogen-bond acceptors (Lipinski definition) is 3. The zero-order valence-corrected chi connectivity index (χ0v) is 14.4. The van der Waals surface area contributed by atoms with Crippen LogP contribution in [0, 0.1) is 5.41 Å². The third kappa shape index (κ3) is 5.38. The lowest BCUT2D eigenvalue weighted by Crippen LogP contribution is -2.57. The highest BCUT2D eigenvalue weighted by atomic mass is 35.5. The topological polar surface area (TPSA) is 58.6 Å². The number of likely N-dealkylation sites (tertiary alicyclic amines) is 1. The van der Waals surface area contributed by atoms with E-state index < -0.39 is 5.60 Å². The molecule has 2 amide bonds. The third-order valence-corrected chi connectivity index (χ3v) is 3.98. The van der Waals surface area contributed by atoms with Crippen molar-refractivity contribution in [1.29, 1.82) is 0 Å². The molecule has 0 spiro atoms. The van der Waals surface area contributed by atoms with Crippen molar-refractivity contribution in [2.45, 2.75) is 59.1 Å². The van der Waals surface area contributed by atoms with Gasteiger partial charge in [0.25, 0.3) is 0 Å². The molecular formula is C15H27ClN2O3. The molecule has 0 aromatic rings. The monoisotopic (exact) mass is 318 g/mol. The van der Waals surface area contributed by atoms with Crippen LogP contribution in [0.4, 0.5) is 4.79 Å². The second-order valence-electron chi connectivity index (χ2n) is 7.22. The molecule has 0 saturated carbocycles. The van der Waals surface area contributed by atoms with Crippen LogP contribution < -0.4 is 5.32 Å². The predicted octanol–water partition coefficient (Wildman–Crippen LogP) is 2.77. The largest absolute Gasteiger partial charge is 0.444 e. The summed E-state index contributed by atoms with van der Waals surface area (Å²) in [6.45, 7) is 10.8. The van der Waals surface area contributed by atoms with Gasteiger partial charge in [-0.15, -0.1) is 11.6 Å². The van der Waals surface area contributed by atoms with Gasteiger partial charge in [-0.2, -0.15) is 0 Å². The Labute approximate surface area is 132 Å². The fourth-order valence-electron chi connectivity index (χ4n) is 2.63. The van der Waals surface area contributed by atoms with E-state index in [4.69, 9.17) is 16.3 Å². The summed E-state index contributed by atoms with van der Waals surface area (Å²) in [4.78, 5) is 25.5. The molecule has 0 radical (unpaired) electrons. The zero-order chi connectivity index (χ0) is 16.3. The lowest BCUT2D eigenvalue weighted by atomic mass is 9.76. The molecule has 21 heavy (non-hydrogen) atoms. The van der Waals surface area contributed by atoms with Crippen molar-refractivity contribution in [3.05, 3.63) is 0 Å². The second kappa shape index (κ2) is 6.86. The van der Waals surface area contributed by atoms with Gasteiger partial charge >= 0.3 is 6.09 Å². The number of nitrogens with one attached hydrogen (secondary N) is 1. The van der Waals surface area contributed by atoms with Crippen molar-refractivity contribution < 1.29 is 14.3 Å². The summed E-state index contributed by atoms with van der Waals surface area (Å²) in [5.41, 5.74) is -0.600. The third-order valence-electron chi connectivity index (χ3n) is 3.74. The maximum atomic E-state index is 12.4. The number of carbonyl (C=O) groups is 2. The van der Waals surface area contributed by atoms with Crippen LogP contribution in [0.3, 0.4) is 0 Å². The maximum Gasteiger partial charge on any atom is 0.410 e. The van der Waals surface area contributed by atoms with Crippen LogP contribution in [0.25, 0.3) is 0 Å². The molecular weight excluding hydrogens is 292 g/mol. The molecule has 0 aliphatic carbocycles. The lowest BCUT2D eigenvalue weighted by molar-refractivity contribution is -0.119. The number of alkyl halides is 1. The molecule has 1 N–H and O–H groups in total. The summed E-state index contributed by atoms with van der Waals surface area (Å²) < 4.78 is 5.48. The minimum atomic E-state index is -0.525. The number of nitrogens with zero attached hydrogens (tertiary/aromatic N) is 1. The van der Waals surface area contributed by atoms with Gasteiger partial charge in [0.15, 0.2) is 0 Å². The van der Waals surface area contributed by atoms with Gasteiger partial charge in [-0.05, 0) is 39.0 Å². The van der Waals surface area contributed by atoms with E-state index in [2.05, 4.69) is 19.2 Å². The van der Waals surface area contributed by atoms with E-state index in [9.17, 15) is 9.59 Å². The van der Waals surface area contributed by atoms with Gasteiger partial charge in [0.1, 0.15) is 11.5 Å². The number of amides is 2. The first-order valence-corrected chi connectivity index (χ1v) is 7.92. The fourth-order valence-corrected chi connectivity index (χ4v) is 2.73. The van der Waals surface area contributed by atoms with Crippen LogP contribution in [0.1, 0.15) is 47.5 Å². The van der Waals surface area contributed by atoms with Crippen LogP contribution >= 0.6 is 11.6 Å². The van der Waals surface area contributed by atoms with E-state index in [1.54, 1.807) is 4.90 Å². The van der Waals surface area contributed by atoms with Gasteiger partial charge in [0.05, 0.1) is 6.04 Å². The molecule has 1 atom stereocenters. The smallest absolute Gasteiger partial charge is 0.410 e. The second-order valence-corrected chi connectivity index (χ2v) is 7.49. The number of ether oxygens (including phenoxy) is 1. The first-order chi connectivity index (χ1) is 9.57. The predicted molar refractivity (Wildman–Crippen MR) is 83.5 cm³/mol. The molecule has 5 nitrogen and oxygen atoms in total. The molecule has 0 aromatic heterocycles.